The van der Waals surface area contributed by atoms with E-state index in [1.54, 1.807) is 36.4 Å². The van der Waals surface area contributed by atoms with Gasteiger partial charge in [0.05, 0.1) is 10.4 Å². The SMILES string of the molecule is CCCC(CCNC(=O)CC(CC(N)=O)C(=O)O)NC(=O)c1ccccc1.O=C(O)c1cc2cc(Br)cc(Br)c2oc1=O. The van der Waals surface area contributed by atoms with Gasteiger partial charge >= 0.3 is 17.6 Å². The van der Waals surface area contributed by atoms with Crippen molar-refractivity contribution >= 4 is 72.5 Å². The van der Waals surface area contributed by atoms with Crippen LogP contribution in [-0.4, -0.2) is 52.5 Å². The van der Waals surface area contributed by atoms with E-state index in [1.807, 2.05) is 13.0 Å². The molecule has 0 saturated heterocycles. The van der Waals surface area contributed by atoms with Gasteiger partial charge in [0.15, 0.2) is 5.58 Å². The summed E-state index contributed by atoms with van der Waals surface area (Å²) in [7, 11) is 0. The van der Waals surface area contributed by atoms with Crippen molar-refractivity contribution in [3.8, 4) is 0 Å². The Bertz CT molecular complexity index is 1530. The predicted octanol–water partition coefficient (Wildman–Crippen LogP) is 4.07. The van der Waals surface area contributed by atoms with E-state index in [2.05, 4.69) is 42.5 Å². The number of rotatable bonds is 13. The quantitative estimate of drug-likeness (QED) is 0.161. The van der Waals surface area contributed by atoms with Gasteiger partial charge in [-0.25, -0.2) is 9.59 Å². The molecular formula is C29H31Br2N3O9. The van der Waals surface area contributed by atoms with Crippen LogP contribution in [0.4, 0.5) is 0 Å². The first-order valence-corrected chi connectivity index (χ1v) is 14.7. The Morgan fingerprint density at radius 3 is 2.23 bits per heavy atom. The number of hydrogen-bond acceptors (Lipinski definition) is 7. The van der Waals surface area contributed by atoms with Crippen molar-refractivity contribution in [2.24, 2.45) is 11.7 Å². The molecule has 2 atom stereocenters. The lowest BCUT2D eigenvalue weighted by Gasteiger charge is -2.19. The molecule has 1 aromatic heterocycles. The Kier molecular flexibility index (Phi) is 14.0. The Morgan fingerprint density at radius 2 is 1.65 bits per heavy atom. The highest BCUT2D eigenvalue weighted by Crippen LogP contribution is 2.28. The number of hydrogen-bond donors (Lipinski definition) is 5. The summed E-state index contributed by atoms with van der Waals surface area (Å²) >= 11 is 6.50. The van der Waals surface area contributed by atoms with E-state index in [0.29, 0.717) is 34.0 Å². The van der Waals surface area contributed by atoms with Gasteiger partial charge in [-0.2, -0.15) is 0 Å². The molecule has 3 aromatic rings. The molecule has 230 valence electrons. The molecule has 3 rings (SSSR count). The number of nitrogens with two attached hydrogens (primary N) is 1. The van der Waals surface area contributed by atoms with Gasteiger partial charge in [-0.05, 0) is 59.1 Å². The van der Waals surface area contributed by atoms with Crippen LogP contribution in [0.3, 0.4) is 0 Å². The Hall–Kier alpha value is -4.04. The van der Waals surface area contributed by atoms with Crippen LogP contribution in [-0.2, 0) is 14.4 Å². The van der Waals surface area contributed by atoms with Crippen LogP contribution < -0.4 is 22.0 Å². The van der Waals surface area contributed by atoms with Crippen molar-refractivity contribution in [2.45, 2.75) is 45.1 Å². The zero-order valence-corrected chi connectivity index (χ0v) is 26.3. The smallest absolute Gasteiger partial charge is 0.351 e. The van der Waals surface area contributed by atoms with Gasteiger partial charge in [0.2, 0.25) is 11.8 Å². The molecule has 2 unspecified atom stereocenters. The molecule has 3 amide bonds. The van der Waals surface area contributed by atoms with Crippen LogP contribution in [0.25, 0.3) is 11.0 Å². The second-order valence-corrected chi connectivity index (χ2v) is 11.2. The fourth-order valence-corrected chi connectivity index (χ4v) is 5.31. The molecule has 14 heteroatoms. The number of aromatic carboxylic acids is 1. The van der Waals surface area contributed by atoms with Crippen LogP contribution in [0.5, 0.6) is 0 Å². The molecule has 0 radical (unpaired) electrons. The number of amides is 3. The molecule has 0 saturated carbocycles. The minimum atomic E-state index is -1.30. The van der Waals surface area contributed by atoms with Crippen molar-refractivity contribution in [1.82, 2.24) is 10.6 Å². The molecule has 6 N–H and O–H groups in total. The summed E-state index contributed by atoms with van der Waals surface area (Å²) in [5, 5.41) is 23.9. The number of aliphatic carboxylic acids is 1. The van der Waals surface area contributed by atoms with Crippen molar-refractivity contribution in [3.05, 3.63) is 79.0 Å². The third-order valence-electron chi connectivity index (χ3n) is 6.03. The van der Waals surface area contributed by atoms with Crippen molar-refractivity contribution in [2.75, 3.05) is 6.54 Å². The summed E-state index contributed by atoms with van der Waals surface area (Å²) in [6.45, 7) is 2.29. The average Bonchev–Trinajstić information content (AvgIpc) is 2.93. The van der Waals surface area contributed by atoms with Crippen molar-refractivity contribution < 1.29 is 38.6 Å². The van der Waals surface area contributed by atoms with Crippen LogP contribution >= 0.6 is 31.9 Å². The van der Waals surface area contributed by atoms with Gasteiger partial charge in [-0.15, -0.1) is 0 Å². The number of primary amides is 1. The van der Waals surface area contributed by atoms with E-state index in [1.165, 1.54) is 6.07 Å². The molecule has 0 aliphatic rings. The highest BCUT2D eigenvalue weighted by Gasteiger charge is 2.23. The van der Waals surface area contributed by atoms with E-state index in [0.717, 1.165) is 17.3 Å². The minimum Gasteiger partial charge on any atom is -0.481 e. The summed E-state index contributed by atoms with van der Waals surface area (Å²) in [6.07, 6.45) is 1.45. The number of fused-ring (bicyclic) bond motifs is 1. The number of carboxylic acid groups (broad SMARTS) is 2. The second kappa shape index (κ2) is 17.2. The third-order valence-corrected chi connectivity index (χ3v) is 7.08. The van der Waals surface area contributed by atoms with E-state index in [9.17, 15) is 28.8 Å². The Balaban J connectivity index is 0.000000340. The molecule has 1 heterocycles. The fourth-order valence-electron chi connectivity index (χ4n) is 3.97. The van der Waals surface area contributed by atoms with Crippen LogP contribution in [0.15, 0.2) is 66.7 Å². The average molecular weight is 725 g/mol. The Labute approximate surface area is 263 Å². The standard InChI is InChI=1S/C19H27N3O5.C10H4Br2O4/c1-2-6-15(22-18(25)13-7-4-3-5-8-13)9-10-21-17(24)12-14(19(26)27)11-16(20)23;11-5-1-4-2-6(9(13)14)10(15)16-8(4)7(12)3-5/h3-5,7-8,14-15H,2,6,9-12H2,1H3,(H2,20,23)(H,21,24)(H,22,25)(H,26,27);1-3H,(H,13,14). The fraction of sp³-hybridized carbons (Fsp3) is 0.310. The molecule has 0 bridgehead atoms. The number of carboxylic acids is 2. The summed E-state index contributed by atoms with van der Waals surface area (Å²) in [6, 6.07) is 13.4. The minimum absolute atomic E-state index is 0.108. The third kappa shape index (κ3) is 11.6. The van der Waals surface area contributed by atoms with Gasteiger partial charge in [0.25, 0.3) is 5.91 Å². The predicted molar refractivity (Wildman–Crippen MR) is 165 cm³/mol. The zero-order chi connectivity index (χ0) is 32.1. The first-order valence-electron chi connectivity index (χ1n) is 13.1. The summed E-state index contributed by atoms with van der Waals surface area (Å²) < 4.78 is 6.29. The zero-order valence-electron chi connectivity index (χ0n) is 23.1. The van der Waals surface area contributed by atoms with Crippen molar-refractivity contribution in [3.63, 3.8) is 0 Å². The number of nitrogens with one attached hydrogen (secondary N) is 2. The van der Waals surface area contributed by atoms with E-state index in [-0.39, 0.29) is 30.4 Å². The molecule has 12 nitrogen and oxygen atoms in total. The van der Waals surface area contributed by atoms with E-state index < -0.39 is 35.3 Å². The maximum atomic E-state index is 12.2. The van der Waals surface area contributed by atoms with Crippen molar-refractivity contribution in [1.29, 1.82) is 0 Å². The molecule has 43 heavy (non-hydrogen) atoms. The number of carbonyl (C=O) groups is 5. The first kappa shape index (κ1) is 35.2. The highest BCUT2D eigenvalue weighted by molar-refractivity contribution is 9.11. The summed E-state index contributed by atoms with van der Waals surface area (Å²) in [4.78, 5) is 68.2. The maximum absolute atomic E-state index is 12.2. The largest absolute Gasteiger partial charge is 0.481 e. The van der Waals surface area contributed by atoms with Crippen LogP contribution in [0.2, 0.25) is 0 Å². The first-order chi connectivity index (χ1) is 20.3. The van der Waals surface area contributed by atoms with Crippen LogP contribution in [0, 0.1) is 5.92 Å². The lowest BCUT2D eigenvalue weighted by molar-refractivity contribution is -0.145. The lowest BCUT2D eigenvalue weighted by atomic mass is 10.0. The van der Waals surface area contributed by atoms with E-state index >= 15 is 0 Å². The van der Waals surface area contributed by atoms with E-state index in [4.69, 9.17) is 20.4 Å². The van der Waals surface area contributed by atoms with Crippen LogP contribution in [0.1, 0.15) is 59.7 Å². The van der Waals surface area contributed by atoms with Gasteiger partial charge in [-0.1, -0.05) is 47.5 Å². The molecule has 0 spiro atoms. The normalized spacial score (nSPS) is 11.9. The lowest BCUT2D eigenvalue weighted by Crippen LogP contribution is -2.38. The molecule has 0 aliphatic carbocycles. The molecule has 0 fully saturated rings. The van der Waals surface area contributed by atoms with Gasteiger partial charge in [-0.3, -0.25) is 19.2 Å². The number of halogens is 2. The van der Waals surface area contributed by atoms with Gasteiger partial charge in [0.1, 0.15) is 5.56 Å². The monoisotopic (exact) mass is 723 g/mol. The molecule has 0 aliphatic heterocycles. The second-order valence-electron chi connectivity index (χ2n) is 9.43. The Morgan fingerprint density at radius 1 is 0.977 bits per heavy atom. The summed E-state index contributed by atoms with van der Waals surface area (Å²) in [5.41, 5.74) is 4.66. The maximum Gasteiger partial charge on any atom is 0.351 e. The van der Waals surface area contributed by atoms with Gasteiger partial charge < -0.3 is 31.0 Å². The number of benzene rings is 2. The molecular weight excluding hydrogens is 694 g/mol. The number of carbonyl (C=O) groups excluding carboxylic acids is 3. The summed E-state index contributed by atoms with van der Waals surface area (Å²) in [5.74, 6) is -5.07. The topological polar surface area (TPSA) is 206 Å². The molecule has 2 aromatic carbocycles. The highest BCUT2D eigenvalue weighted by atomic mass is 79.9. The van der Waals surface area contributed by atoms with Gasteiger partial charge in [0, 0.05) is 40.9 Å².